The molecule has 3 N–H and O–H groups in total. The standard InChI is InChI=1S/C28H34N4O4/c1-16-25(28(34)32-20-8-6-19(7-9-20)31-17(2)33)27-26(30-16)22(12-13-29-27)23-14-21(35-3)10-11-24(23)36-15-18-4-5-18/h10-14,18-20,30H,4-9,15H2,1-3H3,(H,31,33)(H,32,34)/t19-,20-. The number of aryl methyl sites for hydroxylation is 1. The first-order chi connectivity index (χ1) is 17.4. The summed E-state index contributed by atoms with van der Waals surface area (Å²) in [6, 6.07) is 8.04. The summed E-state index contributed by atoms with van der Waals surface area (Å²) < 4.78 is 11.7. The first-order valence-electron chi connectivity index (χ1n) is 12.8. The van der Waals surface area contributed by atoms with Gasteiger partial charge in [0.15, 0.2) is 0 Å². The summed E-state index contributed by atoms with van der Waals surface area (Å²) in [6.07, 6.45) is 7.57. The van der Waals surface area contributed by atoms with E-state index >= 15 is 0 Å². The monoisotopic (exact) mass is 490 g/mol. The lowest BCUT2D eigenvalue weighted by molar-refractivity contribution is -0.119. The molecule has 2 fully saturated rings. The highest BCUT2D eigenvalue weighted by molar-refractivity contribution is 6.09. The highest BCUT2D eigenvalue weighted by Gasteiger charge is 2.27. The number of aromatic nitrogens is 2. The Morgan fingerprint density at radius 3 is 2.42 bits per heavy atom. The number of carbonyl (C=O) groups excluding carboxylic acids is 2. The molecule has 2 aliphatic rings. The van der Waals surface area contributed by atoms with Crippen molar-refractivity contribution in [2.45, 2.75) is 64.5 Å². The van der Waals surface area contributed by atoms with Gasteiger partial charge in [-0.15, -0.1) is 0 Å². The van der Waals surface area contributed by atoms with E-state index in [0.29, 0.717) is 23.6 Å². The van der Waals surface area contributed by atoms with E-state index in [1.807, 2.05) is 31.2 Å². The SMILES string of the molecule is COc1ccc(OCC2CC2)c(-c2ccnc3c(C(=O)N[C@H]4CC[C@H](NC(C)=O)CC4)c(C)[nH]c23)c1. The summed E-state index contributed by atoms with van der Waals surface area (Å²) in [6.45, 7) is 4.15. The molecule has 0 atom stereocenters. The number of ether oxygens (including phenoxy) is 2. The van der Waals surface area contributed by atoms with Crippen molar-refractivity contribution in [1.82, 2.24) is 20.6 Å². The van der Waals surface area contributed by atoms with E-state index in [1.54, 1.807) is 20.2 Å². The smallest absolute Gasteiger partial charge is 0.255 e. The molecule has 8 heteroatoms. The Morgan fingerprint density at radius 2 is 1.75 bits per heavy atom. The summed E-state index contributed by atoms with van der Waals surface area (Å²) in [7, 11) is 1.65. The maximum absolute atomic E-state index is 13.4. The average molecular weight is 491 g/mol. The minimum atomic E-state index is -0.123. The summed E-state index contributed by atoms with van der Waals surface area (Å²) >= 11 is 0. The van der Waals surface area contributed by atoms with Crippen LogP contribution in [0.25, 0.3) is 22.2 Å². The summed E-state index contributed by atoms with van der Waals surface area (Å²) in [5.41, 5.74) is 4.62. The van der Waals surface area contributed by atoms with Crippen molar-refractivity contribution in [1.29, 1.82) is 0 Å². The van der Waals surface area contributed by atoms with Gasteiger partial charge < -0.3 is 25.1 Å². The number of methoxy groups -OCH3 is 1. The highest BCUT2D eigenvalue weighted by atomic mass is 16.5. The van der Waals surface area contributed by atoms with E-state index in [4.69, 9.17) is 9.47 Å². The van der Waals surface area contributed by atoms with Gasteiger partial charge in [0.2, 0.25) is 5.91 Å². The minimum Gasteiger partial charge on any atom is -0.497 e. The van der Waals surface area contributed by atoms with Crippen molar-refractivity contribution < 1.29 is 19.1 Å². The number of nitrogens with one attached hydrogen (secondary N) is 3. The molecule has 0 aliphatic heterocycles. The van der Waals surface area contributed by atoms with Gasteiger partial charge >= 0.3 is 0 Å². The van der Waals surface area contributed by atoms with Crippen molar-refractivity contribution in [3.63, 3.8) is 0 Å². The molecule has 5 rings (SSSR count). The zero-order valence-electron chi connectivity index (χ0n) is 21.1. The molecular weight excluding hydrogens is 456 g/mol. The lowest BCUT2D eigenvalue weighted by atomic mass is 9.91. The lowest BCUT2D eigenvalue weighted by Gasteiger charge is -2.29. The van der Waals surface area contributed by atoms with Gasteiger partial charge in [0, 0.05) is 42.0 Å². The number of hydrogen-bond acceptors (Lipinski definition) is 5. The van der Waals surface area contributed by atoms with Crippen LogP contribution in [0.4, 0.5) is 0 Å². The number of rotatable bonds is 8. The molecular formula is C28H34N4O4. The fourth-order valence-electron chi connectivity index (χ4n) is 5.10. The van der Waals surface area contributed by atoms with Crippen LogP contribution in [0.1, 0.15) is 61.5 Å². The molecule has 0 radical (unpaired) electrons. The molecule has 190 valence electrons. The van der Waals surface area contributed by atoms with Crippen molar-refractivity contribution in [3.05, 3.63) is 41.7 Å². The third-order valence-electron chi connectivity index (χ3n) is 7.22. The van der Waals surface area contributed by atoms with Crippen LogP contribution in [-0.2, 0) is 4.79 Å². The molecule has 0 bridgehead atoms. The molecule has 0 unspecified atom stereocenters. The Hall–Kier alpha value is -3.55. The maximum atomic E-state index is 13.4. The molecule has 0 spiro atoms. The summed E-state index contributed by atoms with van der Waals surface area (Å²) in [4.78, 5) is 32.7. The van der Waals surface area contributed by atoms with E-state index in [2.05, 4.69) is 20.6 Å². The first-order valence-corrected chi connectivity index (χ1v) is 12.8. The number of carbonyl (C=O) groups is 2. The predicted molar refractivity (Wildman–Crippen MR) is 138 cm³/mol. The molecule has 1 aromatic carbocycles. The van der Waals surface area contributed by atoms with Gasteiger partial charge in [-0.05, 0) is 75.6 Å². The number of nitrogens with zero attached hydrogens (tertiary/aromatic N) is 1. The lowest BCUT2D eigenvalue weighted by Crippen LogP contribution is -2.43. The molecule has 2 heterocycles. The topological polar surface area (TPSA) is 105 Å². The van der Waals surface area contributed by atoms with Crippen LogP contribution in [0.15, 0.2) is 30.5 Å². The van der Waals surface area contributed by atoms with E-state index in [9.17, 15) is 9.59 Å². The first kappa shape index (κ1) is 24.2. The normalized spacial score (nSPS) is 19.6. The average Bonchev–Trinajstić information content (AvgIpc) is 3.63. The Bertz CT molecular complexity index is 1270. The van der Waals surface area contributed by atoms with E-state index in [1.165, 1.54) is 12.8 Å². The second-order valence-electron chi connectivity index (χ2n) is 10.0. The van der Waals surface area contributed by atoms with Gasteiger partial charge in [-0.2, -0.15) is 0 Å². The van der Waals surface area contributed by atoms with Crippen molar-refractivity contribution in [3.8, 4) is 22.6 Å². The zero-order chi connectivity index (χ0) is 25.2. The molecule has 8 nitrogen and oxygen atoms in total. The number of amides is 2. The molecule has 36 heavy (non-hydrogen) atoms. The Morgan fingerprint density at radius 1 is 1.03 bits per heavy atom. The second-order valence-corrected chi connectivity index (χ2v) is 10.0. The van der Waals surface area contributed by atoms with Crippen LogP contribution in [0.3, 0.4) is 0 Å². The number of H-pyrrole nitrogens is 1. The van der Waals surface area contributed by atoms with Gasteiger partial charge in [-0.25, -0.2) is 0 Å². The quantitative estimate of drug-likeness (QED) is 0.431. The molecule has 2 saturated carbocycles. The Labute approximate surface area is 211 Å². The minimum absolute atomic E-state index is 0.00378. The van der Waals surface area contributed by atoms with Crippen molar-refractivity contribution in [2.75, 3.05) is 13.7 Å². The summed E-state index contributed by atoms with van der Waals surface area (Å²) in [5, 5.41) is 6.18. The third-order valence-corrected chi connectivity index (χ3v) is 7.22. The van der Waals surface area contributed by atoms with Crippen LogP contribution < -0.4 is 20.1 Å². The Kier molecular flexibility index (Phi) is 6.85. The third kappa shape index (κ3) is 5.17. The van der Waals surface area contributed by atoms with Gasteiger partial charge in [0.1, 0.15) is 17.0 Å². The summed E-state index contributed by atoms with van der Waals surface area (Å²) in [5.74, 6) is 2.04. The fraction of sp³-hybridized carbons (Fsp3) is 0.464. The van der Waals surface area contributed by atoms with Crippen LogP contribution in [-0.4, -0.2) is 47.6 Å². The highest BCUT2D eigenvalue weighted by Crippen LogP contribution is 2.39. The molecule has 2 aromatic heterocycles. The van der Waals surface area contributed by atoms with Gasteiger partial charge in [0.05, 0.1) is 24.8 Å². The van der Waals surface area contributed by atoms with Crippen LogP contribution in [0.2, 0.25) is 0 Å². The maximum Gasteiger partial charge on any atom is 0.255 e. The Balaban J connectivity index is 1.41. The van der Waals surface area contributed by atoms with Gasteiger partial charge in [-0.3, -0.25) is 14.6 Å². The predicted octanol–water partition coefficient (Wildman–Crippen LogP) is 4.51. The van der Waals surface area contributed by atoms with Gasteiger partial charge in [-0.1, -0.05) is 0 Å². The van der Waals surface area contributed by atoms with Crippen LogP contribution >= 0.6 is 0 Å². The van der Waals surface area contributed by atoms with Crippen LogP contribution in [0, 0.1) is 12.8 Å². The van der Waals surface area contributed by atoms with Gasteiger partial charge in [0.25, 0.3) is 5.91 Å². The number of aromatic amines is 1. The zero-order valence-corrected chi connectivity index (χ0v) is 21.1. The molecule has 0 saturated heterocycles. The molecule has 3 aromatic rings. The van der Waals surface area contributed by atoms with E-state index in [0.717, 1.165) is 59.5 Å². The van der Waals surface area contributed by atoms with E-state index in [-0.39, 0.29) is 23.9 Å². The number of benzene rings is 1. The molecule has 2 aliphatic carbocycles. The molecule has 2 amide bonds. The van der Waals surface area contributed by atoms with Crippen molar-refractivity contribution in [2.24, 2.45) is 5.92 Å². The largest absolute Gasteiger partial charge is 0.497 e. The number of pyridine rings is 1. The van der Waals surface area contributed by atoms with E-state index < -0.39 is 0 Å². The van der Waals surface area contributed by atoms with Crippen molar-refractivity contribution >= 4 is 22.8 Å². The second kappa shape index (κ2) is 10.2. The number of hydrogen-bond donors (Lipinski definition) is 3. The fourth-order valence-corrected chi connectivity index (χ4v) is 5.10. The number of fused-ring (bicyclic) bond motifs is 1. The van der Waals surface area contributed by atoms with Crippen LogP contribution in [0.5, 0.6) is 11.5 Å².